The molecule has 0 radical (unpaired) electrons. The third kappa shape index (κ3) is 5.44. The summed E-state index contributed by atoms with van der Waals surface area (Å²) in [7, 11) is 4.02. The van der Waals surface area contributed by atoms with Crippen LogP contribution in [0, 0.1) is 6.92 Å². The SMILES string of the molecule is Cc1cccc(CNC(=O)c2nc(C(=O)NCCCN(C)C)c3n2CCCC3)c1. The van der Waals surface area contributed by atoms with Crippen molar-refractivity contribution in [1.82, 2.24) is 25.1 Å². The van der Waals surface area contributed by atoms with E-state index in [-0.39, 0.29) is 11.8 Å². The van der Waals surface area contributed by atoms with Crippen molar-refractivity contribution in [2.75, 3.05) is 27.2 Å². The Morgan fingerprint density at radius 2 is 2.00 bits per heavy atom. The molecule has 2 aromatic rings. The molecule has 0 bridgehead atoms. The van der Waals surface area contributed by atoms with Crippen molar-refractivity contribution in [2.24, 2.45) is 0 Å². The number of rotatable bonds is 8. The number of aryl methyl sites for hydroxylation is 1. The molecule has 0 unspecified atom stereocenters. The molecule has 0 fully saturated rings. The van der Waals surface area contributed by atoms with Crippen LogP contribution in [0.1, 0.15) is 57.2 Å². The molecule has 7 nitrogen and oxygen atoms in total. The van der Waals surface area contributed by atoms with Gasteiger partial charge >= 0.3 is 0 Å². The lowest BCUT2D eigenvalue weighted by atomic mass is 10.1. The number of hydrogen-bond donors (Lipinski definition) is 2. The van der Waals surface area contributed by atoms with E-state index < -0.39 is 0 Å². The van der Waals surface area contributed by atoms with Gasteiger partial charge < -0.3 is 20.1 Å². The second kappa shape index (κ2) is 9.69. The number of aromatic nitrogens is 2. The molecule has 1 aliphatic heterocycles. The zero-order chi connectivity index (χ0) is 20.8. The zero-order valence-corrected chi connectivity index (χ0v) is 17.6. The summed E-state index contributed by atoms with van der Waals surface area (Å²) in [6.07, 6.45) is 3.65. The van der Waals surface area contributed by atoms with Gasteiger partial charge in [0.1, 0.15) is 5.69 Å². The Balaban J connectivity index is 1.70. The lowest BCUT2D eigenvalue weighted by Crippen LogP contribution is -2.28. The number of carbonyl (C=O) groups is 2. The van der Waals surface area contributed by atoms with Gasteiger partial charge in [-0.2, -0.15) is 0 Å². The zero-order valence-electron chi connectivity index (χ0n) is 17.6. The minimum atomic E-state index is -0.235. The Labute approximate surface area is 172 Å². The molecule has 0 spiro atoms. The molecule has 2 amide bonds. The van der Waals surface area contributed by atoms with E-state index in [1.54, 1.807) is 0 Å². The predicted octanol–water partition coefficient (Wildman–Crippen LogP) is 2.14. The van der Waals surface area contributed by atoms with Crippen molar-refractivity contribution in [3.63, 3.8) is 0 Å². The summed E-state index contributed by atoms with van der Waals surface area (Å²) in [4.78, 5) is 32.0. The molecule has 2 N–H and O–H groups in total. The second-order valence-corrected chi connectivity index (χ2v) is 7.92. The van der Waals surface area contributed by atoms with E-state index in [0.717, 1.165) is 55.6 Å². The minimum absolute atomic E-state index is 0.188. The molecule has 0 saturated heterocycles. The van der Waals surface area contributed by atoms with Crippen molar-refractivity contribution >= 4 is 11.8 Å². The highest BCUT2D eigenvalue weighted by Gasteiger charge is 2.27. The van der Waals surface area contributed by atoms with Crippen molar-refractivity contribution < 1.29 is 9.59 Å². The average Bonchev–Trinajstić information content (AvgIpc) is 3.09. The lowest BCUT2D eigenvalue weighted by Gasteiger charge is -2.17. The predicted molar refractivity (Wildman–Crippen MR) is 113 cm³/mol. The largest absolute Gasteiger partial charge is 0.351 e. The monoisotopic (exact) mass is 397 g/mol. The summed E-state index contributed by atoms with van der Waals surface area (Å²) in [6, 6.07) is 8.04. The molecule has 0 atom stereocenters. The molecule has 1 aromatic carbocycles. The van der Waals surface area contributed by atoms with Crippen LogP contribution in [-0.2, 0) is 19.5 Å². The van der Waals surface area contributed by atoms with Gasteiger partial charge in [-0.3, -0.25) is 9.59 Å². The lowest BCUT2D eigenvalue weighted by molar-refractivity contribution is 0.0935. The third-order valence-corrected chi connectivity index (χ3v) is 5.14. The second-order valence-electron chi connectivity index (χ2n) is 7.92. The van der Waals surface area contributed by atoms with Crippen LogP contribution in [0.5, 0.6) is 0 Å². The fraction of sp³-hybridized carbons (Fsp3) is 0.500. The number of benzene rings is 1. The van der Waals surface area contributed by atoms with Gasteiger partial charge in [-0.05, 0) is 58.8 Å². The molecule has 7 heteroatoms. The van der Waals surface area contributed by atoms with Gasteiger partial charge in [-0.1, -0.05) is 29.8 Å². The summed E-state index contributed by atoms with van der Waals surface area (Å²) in [5.74, 6) is -0.0840. The Morgan fingerprint density at radius 1 is 1.17 bits per heavy atom. The maximum Gasteiger partial charge on any atom is 0.287 e. The summed E-state index contributed by atoms with van der Waals surface area (Å²) >= 11 is 0. The first kappa shape index (κ1) is 21.0. The first-order valence-corrected chi connectivity index (χ1v) is 10.3. The van der Waals surface area contributed by atoms with Gasteiger partial charge in [-0.25, -0.2) is 4.98 Å². The fourth-order valence-corrected chi connectivity index (χ4v) is 3.66. The Hall–Kier alpha value is -2.67. The van der Waals surface area contributed by atoms with Crippen molar-refractivity contribution in [2.45, 2.75) is 45.7 Å². The van der Waals surface area contributed by atoms with Crippen molar-refractivity contribution in [1.29, 1.82) is 0 Å². The van der Waals surface area contributed by atoms with Crippen LogP contribution in [0.25, 0.3) is 0 Å². The highest BCUT2D eigenvalue weighted by Crippen LogP contribution is 2.21. The molecule has 29 heavy (non-hydrogen) atoms. The van der Waals surface area contributed by atoms with Crippen LogP contribution in [0.15, 0.2) is 24.3 Å². The number of amides is 2. The van der Waals surface area contributed by atoms with E-state index in [1.165, 1.54) is 0 Å². The number of nitrogens with one attached hydrogen (secondary N) is 2. The van der Waals surface area contributed by atoms with Gasteiger partial charge in [0, 0.05) is 19.6 Å². The smallest absolute Gasteiger partial charge is 0.287 e. The van der Waals surface area contributed by atoms with Crippen LogP contribution in [-0.4, -0.2) is 53.5 Å². The summed E-state index contributed by atoms with van der Waals surface area (Å²) in [5.41, 5.74) is 3.48. The van der Waals surface area contributed by atoms with Crippen LogP contribution in [0.2, 0.25) is 0 Å². The van der Waals surface area contributed by atoms with E-state index in [2.05, 4.69) is 20.5 Å². The maximum atomic E-state index is 12.8. The minimum Gasteiger partial charge on any atom is -0.351 e. The Bertz CT molecular complexity index is 872. The topological polar surface area (TPSA) is 79.3 Å². The molecular formula is C22H31N5O2. The standard InChI is InChI=1S/C22H31N5O2/c1-16-8-6-9-17(14-16)15-24-22(29)20-25-19(18-10-4-5-13-27(18)20)21(28)23-11-7-12-26(2)3/h6,8-9,14H,4-5,7,10-13,15H2,1-3H3,(H,23,28)(H,24,29). The molecule has 2 heterocycles. The molecule has 3 rings (SSSR count). The van der Waals surface area contributed by atoms with Crippen LogP contribution in [0.4, 0.5) is 0 Å². The van der Waals surface area contributed by atoms with Gasteiger partial charge in [-0.15, -0.1) is 0 Å². The van der Waals surface area contributed by atoms with E-state index in [0.29, 0.717) is 24.6 Å². The maximum absolute atomic E-state index is 12.8. The van der Waals surface area contributed by atoms with E-state index in [4.69, 9.17) is 0 Å². The van der Waals surface area contributed by atoms with Gasteiger partial charge in [0.15, 0.2) is 5.82 Å². The highest BCUT2D eigenvalue weighted by atomic mass is 16.2. The molecule has 0 aliphatic carbocycles. The molecular weight excluding hydrogens is 366 g/mol. The fourth-order valence-electron chi connectivity index (χ4n) is 3.66. The summed E-state index contributed by atoms with van der Waals surface area (Å²) < 4.78 is 1.92. The molecule has 1 aliphatic rings. The normalized spacial score (nSPS) is 13.2. The number of carbonyl (C=O) groups excluding carboxylic acids is 2. The number of fused-ring (bicyclic) bond motifs is 1. The van der Waals surface area contributed by atoms with Crippen LogP contribution in [0.3, 0.4) is 0 Å². The molecule has 0 saturated carbocycles. The number of nitrogens with zero attached hydrogens (tertiary/aromatic N) is 3. The van der Waals surface area contributed by atoms with E-state index in [9.17, 15) is 9.59 Å². The highest BCUT2D eigenvalue weighted by molar-refractivity contribution is 5.97. The average molecular weight is 398 g/mol. The molecule has 156 valence electrons. The first-order valence-electron chi connectivity index (χ1n) is 10.3. The van der Waals surface area contributed by atoms with E-state index >= 15 is 0 Å². The van der Waals surface area contributed by atoms with Crippen LogP contribution < -0.4 is 10.6 Å². The van der Waals surface area contributed by atoms with Gasteiger partial charge in [0.05, 0.1) is 5.69 Å². The quantitative estimate of drug-likeness (QED) is 0.669. The van der Waals surface area contributed by atoms with Gasteiger partial charge in [0.2, 0.25) is 0 Å². The first-order chi connectivity index (χ1) is 14.0. The third-order valence-electron chi connectivity index (χ3n) is 5.14. The Kier molecular flexibility index (Phi) is 7.04. The van der Waals surface area contributed by atoms with Crippen molar-refractivity contribution in [3.8, 4) is 0 Å². The summed E-state index contributed by atoms with van der Waals surface area (Å²) in [5, 5.41) is 5.90. The Morgan fingerprint density at radius 3 is 2.76 bits per heavy atom. The summed E-state index contributed by atoms with van der Waals surface area (Å²) in [6.45, 7) is 4.70. The van der Waals surface area contributed by atoms with Crippen molar-refractivity contribution in [3.05, 3.63) is 52.6 Å². The molecule has 1 aromatic heterocycles. The number of imidazole rings is 1. The van der Waals surface area contributed by atoms with Crippen LogP contribution >= 0.6 is 0 Å². The van der Waals surface area contributed by atoms with Gasteiger partial charge in [0.25, 0.3) is 11.8 Å². The number of hydrogen-bond acceptors (Lipinski definition) is 4. The van der Waals surface area contributed by atoms with E-state index in [1.807, 2.05) is 49.9 Å².